The van der Waals surface area contributed by atoms with Crippen LogP contribution in [0.1, 0.15) is 51.9 Å². The zero-order valence-corrected chi connectivity index (χ0v) is 13.8. The maximum atomic E-state index is 11.9. The van der Waals surface area contributed by atoms with E-state index in [2.05, 4.69) is 17.0 Å². The van der Waals surface area contributed by atoms with Gasteiger partial charge in [0.1, 0.15) is 5.75 Å². The first kappa shape index (κ1) is 18.9. The third-order valence-corrected chi connectivity index (χ3v) is 5.16. The van der Waals surface area contributed by atoms with Gasteiger partial charge in [-0.1, -0.05) is 6.92 Å². The van der Waals surface area contributed by atoms with Gasteiger partial charge in [0.2, 0.25) is 15.9 Å². The number of rotatable bonds is 9. The van der Waals surface area contributed by atoms with Crippen LogP contribution in [0.5, 0.6) is 0 Å². The molecule has 0 heterocycles. The van der Waals surface area contributed by atoms with Gasteiger partial charge in [-0.15, -0.1) is 0 Å². The molecule has 1 rings (SSSR count). The van der Waals surface area contributed by atoms with Gasteiger partial charge in [0, 0.05) is 19.0 Å². The molecule has 0 aromatic heterocycles. The van der Waals surface area contributed by atoms with Crippen LogP contribution in [0.2, 0.25) is 0 Å². The Morgan fingerprint density at radius 2 is 1.77 bits per heavy atom. The Morgan fingerprint density at radius 1 is 1.14 bits per heavy atom. The van der Waals surface area contributed by atoms with Gasteiger partial charge in [-0.05, 0) is 44.4 Å². The summed E-state index contributed by atoms with van der Waals surface area (Å²) < 4.78 is 26.4. The second-order valence-electron chi connectivity index (χ2n) is 6.03. The Hall–Kier alpha value is -1.15. The third-order valence-electron chi connectivity index (χ3n) is 3.82. The Morgan fingerprint density at radius 3 is 2.36 bits per heavy atom. The van der Waals surface area contributed by atoms with Crippen molar-refractivity contribution < 1.29 is 23.1 Å². The lowest BCUT2D eigenvalue weighted by atomic mass is 9.88. The summed E-state index contributed by atoms with van der Waals surface area (Å²) >= 11 is 0. The molecule has 0 aromatic rings. The SMILES string of the molecule is CC1CCC(NS(=O)(=O)CC(=O)NCCCCC(=O)O)CC1. The fourth-order valence-electron chi connectivity index (χ4n) is 2.53. The van der Waals surface area contributed by atoms with Crippen LogP contribution in [-0.2, 0) is 19.6 Å². The molecule has 128 valence electrons. The Bertz CT molecular complexity index is 470. The zero-order valence-electron chi connectivity index (χ0n) is 13.0. The lowest BCUT2D eigenvalue weighted by Gasteiger charge is -2.26. The van der Waals surface area contributed by atoms with Gasteiger partial charge < -0.3 is 10.4 Å². The smallest absolute Gasteiger partial charge is 0.303 e. The number of hydrogen-bond donors (Lipinski definition) is 3. The molecule has 1 aliphatic carbocycles. The molecule has 1 saturated carbocycles. The van der Waals surface area contributed by atoms with Gasteiger partial charge in [-0.3, -0.25) is 9.59 Å². The summed E-state index contributed by atoms with van der Waals surface area (Å²) in [6, 6.07) is -0.0652. The summed E-state index contributed by atoms with van der Waals surface area (Å²) in [5.74, 6) is -1.36. The molecule has 22 heavy (non-hydrogen) atoms. The average molecular weight is 334 g/mol. The Balaban J connectivity index is 2.22. The maximum absolute atomic E-state index is 11.9. The number of unbranched alkanes of at least 4 members (excludes halogenated alkanes) is 1. The highest BCUT2D eigenvalue weighted by molar-refractivity contribution is 7.90. The van der Waals surface area contributed by atoms with Crippen molar-refractivity contribution in [3.63, 3.8) is 0 Å². The highest BCUT2D eigenvalue weighted by Gasteiger charge is 2.24. The number of hydrogen-bond acceptors (Lipinski definition) is 4. The van der Waals surface area contributed by atoms with Crippen LogP contribution in [-0.4, -0.2) is 43.7 Å². The number of carbonyl (C=O) groups is 2. The van der Waals surface area contributed by atoms with Gasteiger partial charge in [0.15, 0.2) is 0 Å². The van der Waals surface area contributed by atoms with E-state index in [0.717, 1.165) is 25.7 Å². The first-order valence-corrected chi connectivity index (χ1v) is 9.42. The molecule has 1 amide bonds. The van der Waals surface area contributed by atoms with E-state index in [0.29, 0.717) is 25.3 Å². The van der Waals surface area contributed by atoms with Crippen LogP contribution in [0.3, 0.4) is 0 Å². The molecule has 8 heteroatoms. The largest absolute Gasteiger partial charge is 0.481 e. The molecular formula is C14H26N2O5S. The molecule has 1 aliphatic rings. The fourth-order valence-corrected chi connectivity index (χ4v) is 3.80. The average Bonchev–Trinajstić information content (AvgIpc) is 2.39. The predicted molar refractivity (Wildman–Crippen MR) is 82.8 cm³/mol. The molecule has 0 atom stereocenters. The van der Waals surface area contributed by atoms with Gasteiger partial charge >= 0.3 is 5.97 Å². The molecule has 7 nitrogen and oxygen atoms in total. The number of aliphatic carboxylic acids is 1. The molecule has 0 aliphatic heterocycles. The van der Waals surface area contributed by atoms with Gasteiger partial charge in [-0.2, -0.15) is 0 Å². The quantitative estimate of drug-likeness (QED) is 0.541. The lowest BCUT2D eigenvalue weighted by molar-refractivity contribution is -0.137. The van der Waals surface area contributed by atoms with E-state index in [1.54, 1.807) is 0 Å². The van der Waals surface area contributed by atoms with Crippen LogP contribution in [0, 0.1) is 5.92 Å². The lowest BCUT2D eigenvalue weighted by Crippen LogP contribution is -2.42. The van der Waals surface area contributed by atoms with E-state index < -0.39 is 27.7 Å². The number of sulfonamides is 1. The standard InChI is InChI=1S/C14H26N2O5S/c1-11-5-7-12(8-6-11)16-22(20,21)10-13(17)15-9-3-2-4-14(18)19/h11-12,16H,2-10H2,1H3,(H,15,17)(H,18,19). The summed E-state index contributed by atoms with van der Waals surface area (Å²) in [5.41, 5.74) is 0. The summed E-state index contributed by atoms with van der Waals surface area (Å²) in [6.45, 7) is 2.45. The van der Waals surface area contributed by atoms with E-state index in [9.17, 15) is 18.0 Å². The van der Waals surface area contributed by atoms with Crippen LogP contribution < -0.4 is 10.0 Å². The minimum absolute atomic E-state index is 0.0514. The van der Waals surface area contributed by atoms with E-state index >= 15 is 0 Å². The Kier molecular flexibility index (Phi) is 7.81. The van der Waals surface area contributed by atoms with Crippen LogP contribution in [0.15, 0.2) is 0 Å². The zero-order chi connectivity index (χ0) is 16.6. The van der Waals surface area contributed by atoms with E-state index in [4.69, 9.17) is 5.11 Å². The second kappa shape index (κ2) is 9.09. The first-order valence-electron chi connectivity index (χ1n) is 7.77. The van der Waals surface area contributed by atoms with E-state index in [1.807, 2.05) is 0 Å². The highest BCUT2D eigenvalue weighted by Crippen LogP contribution is 2.23. The predicted octanol–water partition coefficient (Wildman–Crippen LogP) is 0.856. The maximum Gasteiger partial charge on any atom is 0.303 e. The van der Waals surface area contributed by atoms with Crippen molar-refractivity contribution >= 4 is 21.9 Å². The topological polar surface area (TPSA) is 113 Å². The molecule has 0 saturated heterocycles. The summed E-state index contributed by atoms with van der Waals surface area (Å²) in [6.07, 6.45) is 4.67. The van der Waals surface area contributed by atoms with E-state index in [1.165, 1.54) is 0 Å². The van der Waals surface area contributed by atoms with Crippen molar-refractivity contribution in [1.82, 2.24) is 10.0 Å². The van der Waals surface area contributed by atoms with Crippen molar-refractivity contribution in [3.05, 3.63) is 0 Å². The number of carbonyl (C=O) groups excluding carboxylic acids is 1. The van der Waals surface area contributed by atoms with Crippen molar-refractivity contribution in [3.8, 4) is 0 Å². The summed E-state index contributed by atoms with van der Waals surface area (Å²) in [4.78, 5) is 21.9. The van der Waals surface area contributed by atoms with Crippen molar-refractivity contribution in [2.45, 2.75) is 57.9 Å². The normalized spacial score (nSPS) is 22.2. The molecular weight excluding hydrogens is 308 g/mol. The molecule has 1 fully saturated rings. The van der Waals surface area contributed by atoms with Crippen LogP contribution in [0.25, 0.3) is 0 Å². The summed E-state index contributed by atoms with van der Waals surface area (Å²) in [7, 11) is -3.61. The minimum atomic E-state index is -3.61. The van der Waals surface area contributed by atoms with Crippen molar-refractivity contribution in [2.24, 2.45) is 5.92 Å². The monoisotopic (exact) mass is 334 g/mol. The van der Waals surface area contributed by atoms with Gasteiger partial charge in [0.05, 0.1) is 0 Å². The first-order chi connectivity index (χ1) is 10.3. The fraction of sp³-hybridized carbons (Fsp3) is 0.857. The number of carboxylic acids is 1. The van der Waals surface area contributed by atoms with Crippen LogP contribution >= 0.6 is 0 Å². The third kappa shape index (κ3) is 8.33. The number of amides is 1. The number of carboxylic acid groups (broad SMARTS) is 1. The highest BCUT2D eigenvalue weighted by atomic mass is 32.2. The second-order valence-corrected chi connectivity index (χ2v) is 7.79. The Labute approximate surface area is 131 Å². The molecule has 3 N–H and O–H groups in total. The molecule has 0 bridgehead atoms. The minimum Gasteiger partial charge on any atom is -0.481 e. The van der Waals surface area contributed by atoms with Crippen molar-refractivity contribution in [1.29, 1.82) is 0 Å². The van der Waals surface area contributed by atoms with Crippen molar-refractivity contribution in [2.75, 3.05) is 12.3 Å². The summed E-state index contributed by atoms with van der Waals surface area (Å²) in [5, 5.41) is 11.0. The molecule has 0 radical (unpaired) electrons. The van der Waals surface area contributed by atoms with Gasteiger partial charge in [0.25, 0.3) is 0 Å². The van der Waals surface area contributed by atoms with Crippen LogP contribution in [0.4, 0.5) is 0 Å². The molecule has 0 unspecified atom stereocenters. The van der Waals surface area contributed by atoms with E-state index in [-0.39, 0.29) is 12.5 Å². The number of nitrogens with one attached hydrogen (secondary N) is 2. The molecule has 0 spiro atoms. The molecule has 0 aromatic carbocycles. The van der Waals surface area contributed by atoms with Gasteiger partial charge in [-0.25, -0.2) is 13.1 Å².